The van der Waals surface area contributed by atoms with E-state index in [1.165, 1.54) is 12.8 Å². The molecule has 0 spiro atoms. The van der Waals surface area contributed by atoms with Crippen LogP contribution >= 0.6 is 24.0 Å². The molecule has 2 heterocycles. The van der Waals surface area contributed by atoms with Gasteiger partial charge in [0.2, 0.25) is 5.89 Å². The van der Waals surface area contributed by atoms with Crippen LogP contribution in [0.15, 0.2) is 9.41 Å². The van der Waals surface area contributed by atoms with Crippen LogP contribution in [0.5, 0.6) is 0 Å². The molecule has 0 atom stereocenters. The maximum atomic E-state index is 5.72. The number of aromatic nitrogens is 1. The van der Waals surface area contributed by atoms with Crippen LogP contribution in [0.4, 0.5) is 0 Å². The zero-order chi connectivity index (χ0) is 20.2. The number of rotatable bonds is 11. The van der Waals surface area contributed by atoms with Gasteiger partial charge in [0.15, 0.2) is 5.96 Å². The molecule has 1 aromatic rings. The number of guanidine groups is 1. The lowest BCUT2D eigenvalue weighted by molar-refractivity contribution is 0.143. The molecule has 1 aliphatic heterocycles. The Labute approximate surface area is 193 Å². The van der Waals surface area contributed by atoms with Gasteiger partial charge in [-0.05, 0) is 72.4 Å². The van der Waals surface area contributed by atoms with Crippen LogP contribution in [0.1, 0.15) is 56.9 Å². The third kappa shape index (κ3) is 10.1. The van der Waals surface area contributed by atoms with Crippen molar-refractivity contribution in [3.63, 3.8) is 0 Å². The number of halogens is 1. The number of unbranched alkanes of at least 4 members (excludes halogenated alkanes) is 1. The summed E-state index contributed by atoms with van der Waals surface area (Å²) in [5, 5.41) is 6.79. The molecule has 0 amide bonds. The van der Waals surface area contributed by atoms with Gasteiger partial charge < -0.3 is 19.8 Å². The SMILES string of the molecule is CCNC(=NCC1CCN(Cc2nc(C)c(C)o2)CC1)NCCCCOCC.I. The lowest BCUT2D eigenvalue weighted by Crippen LogP contribution is -2.39. The standard InChI is InChI=1S/C21H39N5O2.HI/c1-5-22-21(23-11-7-8-14-27-6-2)24-15-19-9-12-26(13-10-19)16-20-25-17(3)18(4)28-20;/h19H,5-16H2,1-4H3,(H2,22,23,24);1H. The molecule has 0 bridgehead atoms. The van der Waals surface area contributed by atoms with Crippen LogP contribution in [0.3, 0.4) is 0 Å². The number of oxazole rings is 1. The van der Waals surface area contributed by atoms with E-state index in [0.717, 1.165) is 88.6 Å². The van der Waals surface area contributed by atoms with Gasteiger partial charge in [-0.2, -0.15) is 0 Å². The number of likely N-dealkylation sites (tertiary alicyclic amines) is 1. The molecule has 0 aromatic carbocycles. The summed E-state index contributed by atoms with van der Waals surface area (Å²) in [7, 11) is 0. The van der Waals surface area contributed by atoms with Crippen LogP contribution in [0, 0.1) is 19.8 Å². The summed E-state index contributed by atoms with van der Waals surface area (Å²) in [6.45, 7) is 15.5. The third-order valence-corrected chi connectivity index (χ3v) is 5.20. The van der Waals surface area contributed by atoms with Crippen LogP contribution in [0.25, 0.3) is 0 Å². The highest BCUT2D eigenvalue weighted by molar-refractivity contribution is 14.0. The summed E-state index contributed by atoms with van der Waals surface area (Å²) in [6, 6.07) is 0. The lowest BCUT2D eigenvalue weighted by Gasteiger charge is -2.30. The Hall–Kier alpha value is -0.870. The minimum Gasteiger partial charge on any atom is -0.444 e. The largest absolute Gasteiger partial charge is 0.444 e. The normalized spacial score (nSPS) is 15.9. The van der Waals surface area contributed by atoms with Crippen LogP contribution in [-0.4, -0.2) is 61.8 Å². The van der Waals surface area contributed by atoms with E-state index in [2.05, 4.69) is 27.4 Å². The Morgan fingerprint density at radius 3 is 2.59 bits per heavy atom. The predicted octanol–water partition coefficient (Wildman–Crippen LogP) is 3.49. The molecule has 0 saturated carbocycles. The Morgan fingerprint density at radius 2 is 1.97 bits per heavy atom. The Balaban J connectivity index is 0.00000420. The van der Waals surface area contributed by atoms with Gasteiger partial charge >= 0.3 is 0 Å². The number of hydrogen-bond donors (Lipinski definition) is 2. The fourth-order valence-corrected chi connectivity index (χ4v) is 3.37. The van der Waals surface area contributed by atoms with E-state index in [4.69, 9.17) is 14.1 Å². The highest BCUT2D eigenvalue weighted by atomic mass is 127. The second kappa shape index (κ2) is 15.0. The molecular formula is C21H40IN5O2. The average Bonchev–Trinajstić information content (AvgIpc) is 3.00. The van der Waals surface area contributed by atoms with Crippen molar-refractivity contribution in [2.75, 3.05) is 45.9 Å². The van der Waals surface area contributed by atoms with Crippen molar-refractivity contribution in [1.29, 1.82) is 0 Å². The van der Waals surface area contributed by atoms with E-state index in [-0.39, 0.29) is 24.0 Å². The van der Waals surface area contributed by atoms with Crippen molar-refractivity contribution in [3.8, 4) is 0 Å². The van der Waals surface area contributed by atoms with E-state index < -0.39 is 0 Å². The van der Waals surface area contributed by atoms with Crippen molar-refractivity contribution in [2.24, 2.45) is 10.9 Å². The molecule has 0 radical (unpaired) electrons. The first-order chi connectivity index (χ1) is 13.6. The minimum absolute atomic E-state index is 0. The zero-order valence-corrected chi connectivity index (χ0v) is 21.0. The topological polar surface area (TPSA) is 74.9 Å². The number of ether oxygens (including phenoxy) is 1. The first kappa shape index (κ1) is 26.2. The molecule has 1 saturated heterocycles. The molecule has 1 fully saturated rings. The van der Waals surface area contributed by atoms with Crippen molar-refractivity contribution in [2.45, 2.75) is 59.9 Å². The van der Waals surface area contributed by atoms with Gasteiger partial charge in [0.05, 0.1) is 12.2 Å². The smallest absolute Gasteiger partial charge is 0.208 e. The van der Waals surface area contributed by atoms with E-state index in [1.807, 2.05) is 20.8 Å². The number of hydrogen-bond acceptors (Lipinski definition) is 5. The van der Waals surface area contributed by atoms with E-state index in [9.17, 15) is 0 Å². The first-order valence-electron chi connectivity index (χ1n) is 10.9. The first-order valence-corrected chi connectivity index (χ1v) is 10.9. The van der Waals surface area contributed by atoms with Crippen molar-refractivity contribution in [3.05, 3.63) is 17.3 Å². The van der Waals surface area contributed by atoms with Gasteiger partial charge in [0.1, 0.15) is 5.76 Å². The zero-order valence-electron chi connectivity index (χ0n) is 18.6. The summed E-state index contributed by atoms with van der Waals surface area (Å²) in [6.07, 6.45) is 4.54. The highest BCUT2D eigenvalue weighted by Crippen LogP contribution is 2.20. The highest BCUT2D eigenvalue weighted by Gasteiger charge is 2.20. The maximum Gasteiger partial charge on any atom is 0.208 e. The average molecular weight is 521 g/mol. The van der Waals surface area contributed by atoms with Crippen molar-refractivity contribution >= 4 is 29.9 Å². The maximum absolute atomic E-state index is 5.72. The molecule has 1 aliphatic rings. The van der Waals surface area contributed by atoms with Gasteiger partial charge in [-0.15, -0.1) is 24.0 Å². The van der Waals surface area contributed by atoms with E-state index in [0.29, 0.717) is 5.92 Å². The quantitative estimate of drug-likeness (QED) is 0.201. The Morgan fingerprint density at radius 1 is 1.21 bits per heavy atom. The van der Waals surface area contributed by atoms with Crippen molar-refractivity contribution in [1.82, 2.24) is 20.5 Å². The number of aryl methyl sites for hydroxylation is 2. The molecular weight excluding hydrogens is 481 g/mol. The summed E-state index contributed by atoms with van der Waals surface area (Å²) in [4.78, 5) is 11.7. The Bertz CT molecular complexity index is 566. The summed E-state index contributed by atoms with van der Waals surface area (Å²) < 4.78 is 11.1. The summed E-state index contributed by atoms with van der Waals surface area (Å²) >= 11 is 0. The molecule has 2 N–H and O–H groups in total. The molecule has 168 valence electrons. The molecule has 1 aromatic heterocycles. The van der Waals surface area contributed by atoms with Gasteiger partial charge in [-0.3, -0.25) is 9.89 Å². The predicted molar refractivity (Wildman–Crippen MR) is 129 cm³/mol. The number of piperidine rings is 1. The van der Waals surface area contributed by atoms with E-state index in [1.54, 1.807) is 0 Å². The molecule has 7 nitrogen and oxygen atoms in total. The van der Waals surface area contributed by atoms with E-state index >= 15 is 0 Å². The van der Waals surface area contributed by atoms with Crippen LogP contribution in [0.2, 0.25) is 0 Å². The van der Waals surface area contributed by atoms with Crippen LogP contribution in [-0.2, 0) is 11.3 Å². The monoisotopic (exact) mass is 521 g/mol. The molecule has 0 aliphatic carbocycles. The molecule has 8 heteroatoms. The minimum atomic E-state index is 0. The molecule has 0 unspecified atom stereocenters. The number of aliphatic imine (C=N–C) groups is 1. The summed E-state index contributed by atoms with van der Waals surface area (Å²) in [5.41, 5.74) is 1.00. The molecule has 2 rings (SSSR count). The summed E-state index contributed by atoms with van der Waals surface area (Å²) in [5.74, 6) is 3.36. The van der Waals surface area contributed by atoms with Gasteiger partial charge in [-0.25, -0.2) is 4.98 Å². The second-order valence-electron chi connectivity index (χ2n) is 7.52. The second-order valence-corrected chi connectivity index (χ2v) is 7.52. The fraction of sp³-hybridized carbons (Fsp3) is 0.810. The van der Waals surface area contributed by atoms with Crippen LogP contribution < -0.4 is 10.6 Å². The fourth-order valence-electron chi connectivity index (χ4n) is 3.37. The molecule has 29 heavy (non-hydrogen) atoms. The number of nitrogens with zero attached hydrogens (tertiary/aromatic N) is 3. The van der Waals surface area contributed by atoms with Gasteiger partial charge in [0, 0.05) is 32.8 Å². The number of nitrogens with one attached hydrogen (secondary N) is 2. The third-order valence-electron chi connectivity index (χ3n) is 5.20. The Kier molecular flexibility index (Phi) is 13.5. The lowest BCUT2D eigenvalue weighted by atomic mass is 9.97. The van der Waals surface area contributed by atoms with Gasteiger partial charge in [0.25, 0.3) is 0 Å². The van der Waals surface area contributed by atoms with Crippen molar-refractivity contribution < 1.29 is 9.15 Å². The van der Waals surface area contributed by atoms with Gasteiger partial charge in [-0.1, -0.05) is 0 Å².